The van der Waals surface area contributed by atoms with Crippen molar-refractivity contribution < 1.29 is 14.3 Å². The molecule has 0 spiro atoms. The summed E-state index contributed by atoms with van der Waals surface area (Å²) in [5, 5.41) is 3.03. The Bertz CT molecular complexity index is 300. The minimum Gasteiger partial charge on any atom is -0.381 e. The van der Waals surface area contributed by atoms with E-state index in [2.05, 4.69) is 5.32 Å². The smallest absolute Gasteiger partial charge is 0.223 e. The zero-order chi connectivity index (χ0) is 12.3. The number of carbonyl (C=O) groups is 2. The summed E-state index contributed by atoms with van der Waals surface area (Å²) >= 11 is 0. The van der Waals surface area contributed by atoms with Crippen molar-refractivity contribution in [3.63, 3.8) is 0 Å². The second kappa shape index (κ2) is 5.49. The van der Waals surface area contributed by atoms with Gasteiger partial charge in [-0.25, -0.2) is 0 Å². The third-order valence-corrected chi connectivity index (χ3v) is 3.60. The molecule has 0 aromatic rings. The van der Waals surface area contributed by atoms with Crippen LogP contribution in [0.1, 0.15) is 25.7 Å². The molecule has 2 heterocycles. The molecule has 96 valence electrons. The lowest BCUT2D eigenvalue weighted by Crippen LogP contribution is -2.46. The first-order chi connectivity index (χ1) is 8.16. The number of carbonyl (C=O) groups excluding carboxylic acids is 2. The molecule has 0 bridgehead atoms. The topological polar surface area (TPSA) is 58.6 Å². The monoisotopic (exact) mass is 240 g/mol. The molecule has 2 rings (SSSR count). The average Bonchev–Trinajstić information content (AvgIpc) is 2.34. The summed E-state index contributed by atoms with van der Waals surface area (Å²) in [4.78, 5) is 25.2. The van der Waals surface area contributed by atoms with Crippen LogP contribution < -0.4 is 5.32 Å². The Morgan fingerprint density at radius 2 is 2.06 bits per heavy atom. The molecule has 2 fully saturated rings. The zero-order valence-electron chi connectivity index (χ0n) is 10.3. The Morgan fingerprint density at radius 1 is 1.35 bits per heavy atom. The number of ether oxygens (including phenoxy) is 1. The maximum absolute atomic E-state index is 12.0. The predicted octanol–water partition coefficient (Wildman–Crippen LogP) is 0.150. The highest BCUT2D eigenvalue weighted by atomic mass is 16.5. The number of hydrogen-bond donors (Lipinski definition) is 1. The van der Waals surface area contributed by atoms with E-state index in [1.165, 1.54) is 0 Å². The maximum Gasteiger partial charge on any atom is 0.223 e. The maximum atomic E-state index is 12.0. The average molecular weight is 240 g/mol. The molecule has 2 aliphatic rings. The van der Waals surface area contributed by atoms with Gasteiger partial charge < -0.3 is 15.0 Å². The van der Waals surface area contributed by atoms with Gasteiger partial charge in [-0.05, 0) is 19.3 Å². The van der Waals surface area contributed by atoms with Gasteiger partial charge in [0.1, 0.15) is 0 Å². The fourth-order valence-electron chi connectivity index (χ4n) is 2.33. The molecule has 17 heavy (non-hydrogen) atoms. The number of amides is 2. The van der Waals surface area contributed by atoms with Crippen LogP contribution in [0, 0.1) is 5.92 Å². The fraction of sp³-hybridized carbons (Fsp3) is 0.833. The number of piperidine rings is 1. The van der Waals surface area contributed by atoms with E-state index in [1.807, 2.05) is 0 Å². The Morgan fingerprint density at radius 3 is 2.71 bits per heavy atom. The molecule has 5 nitrogen and oxygen atoms in total. The first-order valence-corrected chi connectivity index (χ1v) is 6.29. The van der Waals surface area contributed by atoms with Gasteiger partial charge in [0, 0.05) is 45.2 Å². The van der Waals surface area contributed by atoms with E-state index in [0.717, 1.165) is 32.5 Å². The Labute approximate surface area is 101 Å². The van der Waals surface area contributed by atoms with Crippen LogP contribution in [0.4, 0.5) is 0 Å². The fourth-order valence-corrected chi connectivity index (χ4v) is 2.33. The first kappa shape index (κ1) is 12.4. The van der Waals surface area contributed by atoms with Crippen LogP contribution in [0.2, 0.25) is 0 Å². The van der Waals surface area contributed by atoms with Crippen molar-refractivity contribution in [3.8, 4) is 0 Å². The van der Waals surface area contributed by atoms with Gasteiger partial charge in [0.25, 0.3) is 0 Å². The molecule has 2 amide bonds. The van der Waals surface area contributed by atoms with Crippen molar-refractivity contribution in [1.82, 2.24) is 10.2 Å². The summed E-state index contributed by atoms with van der Waals surface area (Å²) in [5.74, 6) is -0.0247. The SMILES string of the molecule is CN1CCC(C(=O)NC2CCOCC2)CC1=O. The Hall–Kier alpha value is -1.10. The van der Waals surface area contributed by atoms with E-state index in [1.54, 1.807) is 11.9 Å². The number of rotatable bonds is 2. The van der Waals surface area contributed by atoms with E-state index in [0.29, 0.717) is 13.0 Å². The van der Waals surface area contributed by atoms with Gasteiger partial charge in [0.05, 0.1) is 0 Å². The van der Waals surface area contributed by atoms with E-state index >= 15 is 0 Å². The molecule has 5 heteroatoms. The van der Waals surface area contributed by atoms with Crippen molar-refractivity contribution >= 4 is 11.8 Å². The van der Waals surface area contributed by atoms with Crippen LogP contribution in [0.25, 0.3) is 0 Å². The first-order valence-electron chi connectivity index (χ1n) is 6.29. The van der Waals surface area contributed by atoms with Crippen LogP contribution in [-0.2, 0) is 14.3 Å². The standard InChI is InChI=1S/C12H20N2O3/c1-14-5-2-9(8-11(14)15)12(16)13-10-3-6-17-7-4-10/h9-10H,2-8H2,1H3,(H,13,16). The van der Waals surface area contributed by atoms with Crippen molar-refractivity contribution in [2.45, 2.75) is 31.7 Å². The van der Waals surface area contributed by atoms with Gasteiger partial charge >= 0.3 is 0 Å². The largest absolute Gasteiger partial charge is 0.381 e. The second-order valence-electron chi connectivity index (χ2n) is 4.90. The minimum absolute atomic E-state index is 0.0401. The number of likely N-dealkylation sites (tertiary alicyclic amines) is 1. The van der Waals surface area contributed by atoms with Crippen LogP contribution in [0.5, 0.6) is 0 Å². The van der Waals surface area contributed by atoms with Crippen molar-refractivity contribution in [3.05, 3.63) is 0 Å². The molecule has 0 saturated carbocycles. The number of hydrogen-bond acceptors (Lipinski definition) is 3. The summed E-state index contributed by atoms with van der Waals surface area (Å²) < 4.78 is 5.25. The van der Waals surface area contributed by atoms with Crippen LogP contribution in [0.15, 0.2) is 0 Å². The molecule has 0 aliphatic carbocycles. The van der Waals surface area contributed by atoms with Crippen molar-refractivity contribution in [2.75, 3.05) is 26.8 Å². The number of nitrogens with one attached hydrogen (secondary N) is 1. The van der Waals surface area contributed by atoms with Gasteiger partial charge in [-0.1, -0.05) is 0 Å². The Balaban J connectivity index is 1.81. The summed E-state index contributed by atoms with van der Waals surface area (Å²) in [5.41, 5.74) is 0. The van der Waals surface area contributed by atoms with Gasteiger partial charge in [0.15, 0.2) is 0 Å². The molecule has 1 unspecified atom stereocenters. The minimum atomic E-state index is -0.137. The summed E-state index contributed by atoms with van der Waals surface area (Å²) in [6.07, 6.45) is 2.89. The van der Waals surface area contributed by atoms with E-state index in [4.69, 9.17) is 4.74 Å². The van der Waals surface area contributed by atoms with Crippen LogP contribution in [-0.4, -0.2) is 49.6 Å². The van der Waals surface area contributed by atoms with Crippen LogP contribution >= 0.6 is 0 Å². The highest BCUT2D eigenvalue weighted by Gasteiger charge is 2.29. The zero-order valence-corrected chi connectivity index (χ0v) is 10.3. The van der Waals surface area contributed by atoms with Crippen molar-refractivity contribution in [1.29, 1.82) is 0 Å². The van der Waals surface area contributed by atoms with E-state index in [9.17, 15) is 9.59 Å². The van der Waals surface area contributed by atoms with Crippen LogP contribution in [0.3, 0.4) is 0 Å². The highest BCUT2D eigenvalue weighted by molar-refractivity contribution is 5.86. The molecule has 0 aromatic heterocycles. The molecule has 1 atom stereocenters. The lowest BCUT2D eigenvalue weighted by Gasteiger charge is -2.30. The summed E-state index contributed by atoms with van der Waals surface area (Å²) in [7, 11) is 1.79. The normalized spacial score (nSPS) is 27.0. The second-order valence-corrected chi connectivity index (χ2v) is 4.90. The predicted molar refractivity (Wildman–Crippen MR) is 62.3 cm³/mol. The molecule has 2 aliphatic heterocycles. The third kappa shape index (κ3) is 3.19. The van der Waals surface area contributed by atoms with Gasteiger partial charge in [-0.3, -0.25) is 9.59 Å². The van der Waals surface area contributed by atoms with Gasteiger partial charge in [-0.2, -0.15) is 0 Å². The van der Waals surface area contributed by atoms with E-state index in [-0.39, 0.29) is 23.8 Å². The third-order valence-electron chi connectivity index (χ3n) is 3.60. The van der Waals surface area contributed by atoms with E-state index < -0.39 is 0 Å². The molecule has 1 N–H and O–H groups in total. The molecule has 0 aromatic carbocycles. The lowest BCUT2D eigenvalue weighted by atomic mass is 9.95. The molecular weight excluding hydrogens is 220 g/mol. The lowest BCUT2D eigenvalue weighted by molar-refractivity contribution is -0.139. The van der Waals surface area contributed by atoms with Gasteiger partial charge in [-0.15, -0.1) is 0 Å². The van der Waals surface area contributed by atoms with Gasteiger partial charge in [0.2, 0.25) is 11.8 Å². The summed E-state index contributed by atoms with van der Waals surface area (Å²) in [6, 6.07) is 0.228. The summed E-state index contributed by atoms with van der Waals surface area (Å²) in [6.45, 7) is 2.12. The van der Waals surface area contributed by atoms with Crippen molar-refractivity contribution in [2.24, 2.45) is 5.92 Å². The quantitative estimate of drug-likeness (QED) is 0.747. The highest BCUT2D eigenvalue weighted by Crippen LogP contribution is 2.18. The number of nitrogens with zero attached hydrogens (tertiary/aromatic N) is 1. The molecule has 2 saturated heterocycles. The Kier molecular flexibility index (Phi) is 3.99. The molecule has 0 radical (unpaired) electrons. The molecular formula is C12H20N2O3.